The van der Waals surface area contributed by atoms with Crippen molar-refractivity contribution in [2.75, 3.05) is 14.1 Å². The summed E-state index contributed by atoms with van der Waals surface area (Å²) in [5.41, 5.74) is 3.20. The van der Waals surface area contributed by atoms with Crippen LogP contribution in [0.1, 0.15) is 16.7 Å². The highest BCUT2D eigenvalue weighted by Crippen LogP contribution is 2.17. The molecule has 2 aromatic rings. The molecular weight excluding hydrogens is 300 g/mol. The van der Waals surface area contributed by atoms with Gasteiger partial charge in [0.1, 0.15) is 24.0 Å². The average molecular weight is 320 g/mol. The molecule has 0 heterocycles. The highest BCUT2D eigenvalue weighted by molar-refractivity contribution is 6.01. The summed E-state index contributed by atoms with van der Waals surface area (Å²) in [7, 11) is 3.24. The minimum atomic E-state index is -0.308. The van der Waals surface area contributed by atoms with Crippen LogP contribution in [0.2, 0.25) is 0 Å². The van der Waals surface area contributed by atoms with E-state index in [-0.39, 0.29) is 11.5 Å². The first-order valence-corrected chi connectivity index (χ1v) is 7.61. The van der Waals surface area contributed by atoms with Crippen LogP contribution in [0, 0.1) is 18.3 Å². The molecule has 122 valence electrons. The molecule has 2 rings (SSSR count). The van der Waals surface area contributed by atoms with Gasteiger partial charge in [0.25, 0.3) is 5.91 Å². The van der Waals surface area contributed by atoms with Crippen LogP contribution in [0.4, 0.5) is 0 Å². The molecule has 0 N–H and O–H groups in total. The lowest BCUT2D eigenvalue weighted by Crippen LogP contribution is -2.22. The molecule has 0 atom stereocenters. The summed E-state index contributed by atoms with van der Waals surface area (Å²) in [6.45, 7) is 2.55. The normalized spacial score (nSPS) is 10.8. The number of carbonyl (C=O) groups excluding carboxylic acids is 1. The van der Waals surface area contributed by atoms with E-state index in [0.29, 0.717) is 6.61 Å². The van der Waals surface area contributed by atoms with Crippen molar-refractivity contribution in [2.24, 2.45) is 0 Å². The number of rotatable bonds is 5. The van der Waals surface area contributed by atoms with Gasteiger partial charge < -0.3 is 9.64 Å². The quantitative estimate of drug-likeness (QED) is 0.625. The lowest BCUT2D eigenvalue weighted by Gasteiger charge is -2.09. The van der Waals surface area contributed by atoms with Crippen molar-refractivity contribution in [2.45, 2.75) is 13.5 Å². The van der Waals surface area contributed by atoms with Crippen molar-refractivity contribution in [3.8, 4) is 11.8 Å². The average Bonchev–Trinajstić information content (AvgIpc) is 2.58. The number of ether oxygens (including phenoxy) is 1. The summed E-state index contributed by atoms with van der Waals surface area (Å²) < 4.78 is 5.76. The molecule has 0 aliphatic carbocycles. The molecule has 0 aromatic heterocycles. The summed E-state index contributed by atoms with van der Waals surface area (Å²) in [6.07, 6.45) is 1.58. The smallest absolute Gasteiger partial charge is 0.264 e. The lowest BCUT2D eigenvalue weighted by atomic mass is 10.1. The first-order chi connectivity index (χ1) is 11.5. The number of carbonyl (C=O) groups is 1. The van der Waals surface area contributed by atoms with Gasteiger partial charge in [-0.2, -0.15) is 5.26 Å². The van der Waals surface area contributed by atoms with Gasteiger partial charge in [-0.1, -0.05) is 42.0 Å². The zero-order valence-corrected chi connectivity index (χ0v) is 14.1. The van der Waals surface area contributed by atoms with Crippen molar-refractivity contribution in [3.63, 3.8) is 0 Å². The Hall–Kier alpha value is -3.06. The standard InChI is InChI=1S/C20H20N2O2/c1-15-5-4-6-17(11-15)14-24-19-9-7-16(8-10-19)12-18(13-21)20(23)22(2)3/h4-12H,14H2,1-3H3/b18-12-. The van der Waals surface area contributed by atoms with Crippen molar-refractivity contribution in [1.29, 1.82) is 5.26 Å². The molecule has 0 saturated heterocycles. The van der Waals surface area contributed by atoms with Crippen LogP contribution in [0.15, 0.2) is 54.1 Å². The van der Waals surface area contributed by atoms with Crippen LogP contribution in [-0.4, -0.2) is 24.9 Å². The van der Waals surface area contributed by atoms with Crippen LogP contribution in [0.3, 0.4) is 0 Å². The molecule has 0 radical (unpaired) electrons. The first kappa shape index (κ1) is 17.3. The molecule has 2 aromatic carbocycles. The summed E-state index contributed by atoms with van der Waals surface area (Å²) in [6, 6.07) is 17.4. The van der Waals surface area contributed by atoms with Gasteiger partial charge in [-0.25, -0.2) is 0 Å². The van der Waals surface area contributed by atoms with E-state index in [4.69, 9.17) is 10.00 Å². The molecule has 24 heavy (non-hydrogen) atoms. The summed E-state index contributed by atoms with van der Waals surface area (Å²) in [4.78, 5) is 13.2. The van der Waals surface area contributed by atoms with Gasteiger partial charge in [0.15, 0.2) is 0 Å². The fraction of sp³-hybridized carbons (Fsp3) is 0.200. The SMILES string of the molecule is Cc1cccc(COc2ccc(/C=C(/C#N)C(=O)N(C)C)cc2)c1. The Kier molecular flexibility index (Phi) is 5.75. The molecule has 0 aliphatic rings. The van der Waals surface area contributed by atoms with Crippen LogP contribution < -0.4 is 4.74 Å². The van der Waals surface area contributed by atoms with E-state index >= 15 is 0 Å². The van der Waals surface area contributed by atoms with Crippen LogP contribution in [0.5, 0.6) is 5.75 Å². The molecule has 0 unspecified atom stereocenters. The molecule has 4 heteroatoms. The monoisotopic (exact) mass is 320 g/mol. The predicted molar refractivity (Wildman–Crippen MR) is 94.2 cm³/mol. The highest BCUT2D eigenvalue weighted by atomic mass is 16.5. The predicted octanol–water partition coefficient (Wildman–Crippen LogP) is 3.57. The number of likely N-dealkylation sites (N-methyl/N-ethyl adjacent to an activating group) is 1. The number of amides is 1. The van der Waals surface area contributed by atoms with Crippen molar-refractivity contribution >= 4 is 12.0 Å². The molecule has 0 spiro atoms. The maximum atomic E-state index is 11.8. The Bertz CT molecular complexity index is 784. The van der Waals surface area contributed by atoms with Gasteiger partial charge in [0.2, 0.25) is 0 Å². The zero-order valence-electron chi connectivity index (χ0n) is 14.1. The van der Waals surface area contributed by atoms with Crippen molar-refractivity contribution < 1.29 is 9.53 Å². The van der Waals surface area contributed by atoms with Gasteiger partial charge >= 0.3 is 0 Å². The second kappa shape index (κ2) is 7.98. The molecule has 0 bridgehead atoms. The van der Waals surface area contributed by atoms with E-state index in [1.54, 1.807) is 20.2 Å². The minimum absolute atomic E-state index is 0.105. The number of aryl methyl sites for hydroxylation is 1. The maximum absolute atomic E-state index is 11.8. The maximum Gasteiger partial charge on any atom is 0.264 e. The Labute approximate surface area is 142 Å². The fourth-order valence-electron chi connectivity index (χ4n) is 2.18. The number of hydrogen-bond donors (Lipinski definition) is 0. The van der Waals surface area contributed by atoms with E-state index < -0.39 is 0 Å². The molecule has 4 nitrogen and oxygen atoms in total. The van der Waals surface area contributed by atoms with Gasteiger partial charge in [0, 0.05) is 14.1 Å². The number of hydrogen-bond acceptors (Lipinski definition) is 3. The van der Waals surface area contributed by atoms with E-state index in [1.165, 1.54) is 10.5 Å². The fourth-order valence-corrected chi connectivity index (χ4v) is 2.18. The topological polar surface area (TPSA) is 53.3 Å². The Balaban J connectivity index is 2.05. The van der Waals surface area contributed by atoms with E-state index in [1.807, 2.05) is 55.5 Å². The van der Waals surface area contributed by atoms with Crippen LogP contribution in [0.25, 0.3) is 6.08 Å². The van der Waals surface area contributed by atoms with Crippen molar-refractivity contribution in [3.05, 3.63) is 70.8 Å². The third-order valence-corrected chi connectivity index (χ3v) is 3.44. The molecule has 0 fully saturated rings. The number of nitriles is 1. The van der Waals surface area contributed by atoms with E-state index in [2.05, 4.69) is 6.07 Å². The van der Waals surface area contributed by atoms with E-state index in [0.717, 1.165) is 16.9 Å². The van der Waals surface area contributed by atoms with Crippen molar-refractivity contribution in [1.82, 2.24) is 4.90 Å². The largest absolute Gasteiger partial charge is 0.489 e. The Morgan fingerprint density at radius 1 is 1.21 bits per heavy atom. The highest BCUT2D eigenvalue weighted by Gasteiger charge is 2.10. The Morgan fingerprint density at radius 2 is 1.92 bits per heavy atom. The summed E-state index contributed by atoms with van der Waals surface area (Å²) in [5, 5.41) is 9.10. The van der Waals surface area contributed by atoms with E-state index in [9.17, 15) is 4.79 Å². The molecule has 0 aliphatic heterocycles. The second-order valence-corrected chi connectivity index (χ2v) is 5.72. The van der Waals surface area contributed by atoms with Gasteiger partial charge in [0.05, 0.1) is 0 Å². The lowest BCUT2D eigenvalue weighted by molar-refractivity contribution is -0.124. The second-order valence-electron chi connectivity index (χ2n) is 5.72. The Morgan fingerprint density at radius 3 is 2.50 bits per heavy atom. The number of nitrogens with zero attached hydrogens (tertiary/aromatic N) is 2. The third kappa shape index (κ3) is 4.72. The molecule has 0 saturated carbocycles. The molecular formula is C20H20N2O2. The summed E-state index contributed by atoms with van der Waals surface area (Å²) >= 11 is 0. The molecule has 1 amide bonds. The first-order valence-electron chi connectivity index (χ1n) is 7.61. The third-order valence-electron chi connectivity index (χ3n) is 3.44. The van der Waals surface area contributed by atoms with Gasteiger partial charge in [-0.05, 0) is 36.3 Å². The van der Waals surface area contributed by atoms with Gasteiger partial charge in [-0.15, -0.1) is 0 Å². The minimum Gasteiger partial charge on any atom is -0.489 e. The van der Waals surface area contributed by atoms with Crippen LogP contribution in [-0.2, 0) is 11.4 Å². The van der Waals surface area contributed by atoms with Crippen LogP contribution >= 0.6 is 0 Å². The zero-order chi connectivity index (χ0) is 17.5. The number of benzene rings is 2. The summed E-state index contributed by atoms with van der Waals surface area (Å²) in [5.74, 6) is 0.434. The van der Waals surface area contributed by atoms with Gasteiger partial charge in [-0.3, -0.25) is 4.79 Å².